The first-order valence-corrected chi connectivity index (χ1v) is 9.82. The summed E-state index contributed by atoms with van der Waals surface area (Å²) < 4.78 is 10.9. The van der Waals surface area contributed by atoms with Crippen LogP contribution in [0.2, 0.25) is 0 Å². The summed E-state index contributed by atoms with van der Waals surface area (Å²) in [4.78, 5) is 8.74. The predicted molar refractivity (Wildman–Crippen MR) is 127 cm³/mol. The number of rotatable bonds is 7. The summed E-state index contributed by atoms with van der Waals surface area (Å²) >= 11 is 0. The van der Waals surface area contributed by atoms with Gasteiger partial charge in [0.05, 0.1) is 7.11 Å². The molecule has 0 amide bonds. The molecule has 1 saturated heterocycles. The van der Waals surface area contributed by atoms with Gasteiger partial charge < -0.3 is 20.1 Å². The largest absolute Gasteiger partial charge is 0.497 e. The molecule has 1 aliphatic rings. The van der Waals surface area contributed by atoms with E-state index in [1.165, 1.54) is 5.56 Å². The molecule has 1 aromatic carbocycles. The third-order valence-electron chi connectivity index (χ3n) is 5.37. The maximum absolute atomic E-state index is 5.63. The molecule has 2 heterocycles. The number of nitrogens with zero attached hydrogens (tertiary/aromatic N) is 2. The molecular formula is C22H31IN4O2. The number of aromatic nitrogens is 1. The minimum Gasteiger partial charge on any atom is -0.497 e. The molecule has 0 atom stereocenters. The van der Waals surface area contributed by atoms with Crippen molar-refractivity contribution in [3.8, 4) is 5.75 Å². The fourth-order valence-corrected chi connectivity index (χ4v) is 3.60. The molecule has 0 unspecified atom stereocenters. The van der Waals surface area contributed by atoms with Gasteiger partial charge in [-0.05, 0) is 42.7 Å². The standard InChI is InChI=1S/C22H30N4O2.HI/c1-23-21(25-14-10-19-5-3-4-13-24-19)26-17-22(11-15-28-16-12-22)18-6-8-20(27-2)9-7-18;/h3-9,13H,10-12,14-17H2,1-2H3,(H2,23,25,26);1H. The van der Waals surface area contributed by atoms with Gasteiger partial charge in [0.1, 0.15) is 5.75 Å². The van der Waals surface area contributed by atoms with E-state index in [-0.39, 0.29) is 29.4 Å². The smallest absolute Gasteiger partial charge is 0.191 e. The SMILES string of the molecule is CN=C(NCCc1ccccn1)NCC1(c2ccc(OC)cc2)CCOCC1.I. The highest BCUT2D eigenvalue weighted by Crippen LogP contribution is 2.35. The lowest BCUT2D eigenvalue weighted by molar-refractivity contribution is 0.0513. The first-order chi connectivity index (χ1) is 13.8. The molecule has 0 aliphatic carbocycles. The summed E-state index contributed by atoms with van der Waals surface area (Å²) in [5, 5.41) is 6.92. The second-order valence-corrected chi connectivity index (χ2v) is 7.04. The molecule has 2 N–H and O–H groups in total. The van der Waals surface area contributed by atoms with E-state index >= 15 is 0 Å². The van der Waals surface area contributed by atoms with Gasteiger partial charge in [-0.1, -0.05) is 18.2 Å². The average molecular weight is 510 g/mol. The van der Waals surface area contributed by atoms with Crippen molar-refractivity contribution in [1.82, 2.24) is 15.6 Å². The summed E-state index contributed by atoms with van der Waals surface area (Å²) in [6, 6.07) is 14.4. The molecule has 29 heavy (non-hydrogen) atoms. The number of ether oxygens (including phenoxy) is 2. The van der Waals surface area contributed by atoms with Gasteiger partial charge in [0.25, 0.3) is 0 Å². The van der Waals surface area contributed by atoms with E-state index in [1.807, 2.05) is 36.5 Å². The van der Waals surface area contributed by atoms with Crippen molar-refractivity contribution in [2.75, 3.05) is 40.5 Å². The van der Waals surface area contributed by atoms with Crippen LogP contribution in [-0.4, -0.2) is 51.4 Å². The maximum atomic E-state index is 5.63. The molecule has 1 aliphatic heterocycles. The van der Waals surface area contributed by atoms with E-state index < -0.39 is 0 Å². The van der Waals surface area contributed by atoms with Crippen LogP contribution in [0, 0.1) is 0 Å². The highest BCUT2D eigenvalue weighted by atomic mass is 127. The Hall–Kier alpha value is -1.87. The van der Waals surface area contributed by atoms with Gasteiger partial charge in [-0.15, -0.1) is 24.0 Å². The Morgan fingerprint density at radius 3 is 2.52 bits per heavy atom. The first kappa shape index (κ1) is 23.4. The van der Waals surface area contributed by atoms with Crippen LogP contribution in [0.3, 0.4) is 0 Å². The Kier molecular flexibility index (Phi) is 9.66. The van der Waals surface area contributed by atoms with Crippen molar-refractivity contribution in [3.63, 3.8) is 0 Å². The molecule has 0 radical (unpaired) electrons. The summed E-state index contributed by atoms with van der Waals surface area (Å²) in [5.74, 6) is 1.70. The van der Waals surface area contributed by atoms with E-state index in [1.54, 1.807) is 14.2 Å². The van der Waals surface area contributed by atoms with Crippen LogP contribution in [0.4, 0.5) is 0 Å². The maximum Gasteiger partial charge on any atom is 0.191 e. The first-order valence-electron chi connectivity index (χ1n) is 9.82. The minimum absolute atomic E-state index is 0. The molecule has 0 saturated carbocycles. The van der Waals surface area contributed by atoms with Crippen molar-refractivity contribution in [3.05, 3.63) is 59.9 Å². The molecule has 3 rings (SSSR count). The fraction of sp³-hybridized carbons (Fsp3) is 0.455. The van der Waals surface area contributed by atoms with Crippen LogP contribution in [0.5, 0.6) is 5.75 Å². The van der Waals surface area contributed by atoms with Crippen molar-refractivity contribution in [2.45, 2.75) is 24.7 Å². The molecule has 1 fully saturated rings. The topological polar surface area (TPSA) is 67.8 Å². The quantitative estimate of drug-likeness (QED) is 0.341. The van der Waals surface area contributed by atoms with Crippen molar-refractivity contribution in [1.29, 1.82) is 0 Å². The zero-order valence-corrected chi connectivity index (χ0v) is 19.5. The average Bonchev–Trinajstić information content (AvgIpc) is 2.77. The highest BCUT2D eigenvalue weighted by molar-refractivity contribution is 14.0. The molecule has 0 spiro atoms. The van der Waals surface area contributed by atoms with E-state index in [0.29, 0.717) is 0 Å². The van der Waals surface area contributed by atoms with Crippen molar-refractivity contribution in [2.24, 2.45) is 4.99 Å². The van der Waals surface area contributed by atoms with Crippen LogP contribution in [0.25, 0.3) is 0 Å². The number of halogens is 1. The summed E-state index contributed by atoms with van der Waals surface area (Å²) in [5.41, 5.74) is 2.42. The van der Waals surface area contributed by atoms with Crippen LogP contribution in [-0.2, 0) is 16.6 Å². The van der Waals surface area contributed by atoms with Crippen molar-refractivity contribution >= 4 is 29.9 Å². The second-order valence-electron chi connectivity index (χ2n) is 7.04. The van der Waals surface area contributed by atoms with Gasteiger partial charge in [-0.25, -0.2) is 0 Å². The normalized spacial score (nSPS) is 15.9. The number of pyridine rings is 1. The van der Waals surface area contributed by atoms with Crippen molar-refractivity contribution < 1.29 is 9.47 Å². The van der Waals surface area contributed by atoms with Gasteiger partial charge >= 0.3 is 0 Å². The number of nitrogens with one attached hydrogen (secondary N) is 2. The number of guanidine groups is 1. The molecule has 6 nitrogen and oxygen atoms in total. The third kappa shape index (κ3) is 6.57. The van der Waals surface area contributed by atoms with Gasteiger partial charge in [0, 0.05) is 57.1 Å². The van der Waals surface area contributed by atoms with Gasteiger partial charge in [0.2, 0.25) is 0 Å². The number of hydrogen-bond donors (Lipinski definition) is 2. The monoisotopic (exact) mass is 510 g/mol. The van der Waals surface area contributed by atoms with E-state index in [4.69, 9.17) is 9.47 Å². The Morgan fingerprint density at radius 1 is 1.14 bits per heavy atom. The van der Waals surface area contributed by atoms with Crippen LogP contribution in [0.15, 0.2) is 53.7 Å². The second kappa shape index (κ2) is 12.0. The summed E-state index contributed by atoms with van der Waals surface area (Å²) in [6.45, 7) is 3.15. The van der Waals surface area contributed by atoms with Crippen LogP contribution < -0.4 is 15.4 Å². The number of benzene rings is 1. The molecular weight excluding hydrogens is 479 g/mol. The lowest BCUT2D eigenvalue weighted by Crippen LogP contribution is -2.48. The van der Waals surface area contributed by atoms with Crippen LogP contribution >= 0.6 is 24.0 Å². The molecule has 7 heteroatoms. The van der Waals surface area contributed by atoms with E-state index in [9.17, 15) is 0 Å². The summed E-state index contributed by atoms with van der Waals surface area (Å²) in [7, 11) is 3.50. The summed E-state index contributed by atoms with van der Waals surface area (Å²) in [6.07, 6.45) is 4.65. The minimum atomic E-state index is 0. The Balaban J connectivity index is 0.00000300. The molecule has 158 valence electrons. The molecule has 0 bridgehead atoms. The molecule has 1 aromatic heterocycles. The van der Waals surface area contributed by atoms with E-state index in [2.05, 4.69) is 32.7 Å². The predicted octanol–water partition coefficient (Wildman–Crippen LogP) is 3.16. The number of hydrogen-bond acceptors (Lipinski definition) is 4. The molecule has 2 aromatic rings. The Labute approximate surface area is 190 Å². The lowest BCUT2D eigenvalue weighted by atomic mass is 9.74. The fourth-order valence-electron chi connectivity index (χ4n) is 3.60. The lowest BCUT2D eigenvalue weighted by Gasteiger charge is -2.38. The Morgan fingerprint density at radius 2 is 1.90 bits per heavy atom. The Bertz CT molecular complexity index is 747. The van der Waals surface area contributed by atoms with Crippen LogP contribution in [0.1, 0.15) is 24.1 Å². The zero-order valence-electron chi connectivity index (χ0n) is 17.2. The van der Waals surface area contributed by atoms with Gasteiger partial charge in [0.15, 0.2) is 5.96 Å². The van der Waals surface area contributed by atoms with Gasteiger partial charge in [-0.2, -0.15) is 0 Å². The third-order valence-corrected chi connectivity index (χ3v) is 5.37. The zero-order chi connectivity index (χ0) is 19.7. The van der Waals surface area contributed by atoms with E-state index in [0.717, 1.165) is 63.0 Å². The number of methoxy groups -OCH3 is 1. The highest BCUT2D eigenvalue weighted by Gasteiger charge is 2.34. The van der Waals surface area contributed by atoms with Gasteiger partial charge in [-0.3, -0.25) is 9.98 Å². The number of aliphatic imine (C=N–C) groups is 1.